The van der Waals surface area contributed by atoms with E-state index >= 15 is 0 Å². The van der Waals surface area contributed by atoms with Crippen LogP contribution in [0.1, 0.15) is 5.56 Å². The van der Waals surface area contributed by atoms with Gasteiger partial charge in [0.05, 0.1) is 12.2 Å². The van der Waals surface area contributed by atoms with E-state index in [4.69, 9.17) is 23.2 Å². The van der Waals surface area contributed by atoms with Crippen molar-refractivity contribution in [1.82, 2.24) is 5.43 Å². The number of thioether (sulfide) groups is 1. The van der Waals surface area contributed by atoms with Crippen LogP contribution in [0.25, 0.3) is 0 Å². The summed E-state index contributed by atoms with van der Waals surface area (Å²) in [4.78, 5) is 4.20. The van der Waals surface area contributed by atoms with Gasteiger partial charge in [0.1, 0.15) is 0 Å². The van der Waals surface area contributed by atoms with Crippen molar-refractivity contribution < 1.29 is 4.39 Å². The van der Waals surface area contributed by atoms with Gasteiger partial charge in [0.25, 0.3) is 4.59 Å². The number of benzene rings is 1. The summed E-state index contributed by atoms with van der Waals surface area (Å²) < 4.78 is 10.9. The van der Waals surface area contributed by atoms with E-state index in [0.717, 1.165) is 17.5 Å². The predicted molar refractivity (Wildman–Crippen MR) is 72.5 cm³/mol. The molecular weight excluding hydrogens is 284 g/mol. The molecule has 3 nitrogen and oxygen atoms in total. The van der Waals surface area contributed by atoms with Crippen LogP contribution in [0.3, 0.4) is 0 Å². The van der Waals surface area contributed by atoms with Crippen LogP contribution in [-0.4, -0.2) is 17.5 Å². The quantitative estimate of drug-likeness (QED) is 0.663. The van der Waals surface area contributed by atoms with Gasteiger partial charge < -0.3 is 0 Å². The van der Waals surface area contributed by atoms with Crippen LogP contribution in [0.2, 0.25) is 0 Å². The number of nitrogens with one attached hydrogen (secondary N) is 2. The van der Waals surface area contributed by atoms with Gasteiger partial charge in [-0.3, -0.25) is 15.8 Å². The van der Waals surface area contributed by atoms with Crippen molar-refractivity contribution in [3.05, 3.63) is 29.8 Å². The number of hydrazine groups is 1. The van der Waals surface area contributed by atoms with Gasteiger partial charge in [-0.2, -0.15) is 0 Å². The maximum absolute atomic E-state index is 13.3. The zero-order valence-corrected chi connectivity index (χ0v) is 11.0. The van der Waals surface area contributed by atoms with Crippen LogP contribution in [0.5, 0.6) is 0 Å². The largest absolute Gasteiger partial charge is 0.299 e. The summed E-state index contributed by atoms with van der Waals surface area (Å²) in [6.45, 7) is 0.811. The van der Waals surface area contributed by atoms with Gasteiger partial charge in [-0.15, -0.1) is 0 Å². The summed E-state index contributed by atoms with van der Waals surface area (Å²) in [7, 11) is 0. The predicted octanol–water partition coefficient (Wildman–Crippen LogP) is 3.26. The van der Waals surface area contributed by atoms with E-state index in [1.165, 1.54) is 12.1 Å². The number of nitrogens with zero attached hydrogens (tertiary/aromatic N) is 1. The molecule has 1 heterocycles. The fourth-order valence-electron chi connectivity index (χ4n) is 1.31. The highest BCUT2D eigenvalue weighted by atomic mass is 35.5. The Kier molecular flexibility index (Phi) is 4.01. The highest BCUT2D eigenvalue weighted by Crippen LogP contribution is 2.36. The average molecular weight is 294 g/mol. The van der Waals surface area contributed by atoms with Crippen molar-refractivity contribution >= 4 is 45.8 Å². The maximum Gasteiger partial charge on any atom is 0.283 e. The highest BCUT2D eigenvalue weighted by molar-refractivity contribution is 8.14. The third kappa shape index (κ3) is 3.66. The lowest BCUT2D eigenvalue weighted by atomic mass is 10.2. The molecule has 17 heavy (non-hydrogen) atoms. The Morgan fingerprint density at radius 2 is 2.18 bits per heavy atom. The molecule has 7 heteroatoms. The van der Waals surface area contributed by atoms with Gasteiger partial charge in [-0.05, 0) is 12.1 Å². The molecule has 0 radical (unpaired) electrons. The molecule has 1 aliphatic rings. The molecule has 0 unspecified atom stereocenters. The second kappa shape index (κ2) is 5.33. The minimum atomic E-state index is -2.38. The topological polar surface area (TPSA) is 36.4 Å². The summed E-state index contributed by atoms with van der Waals surface area (Å²) in [5.41, 5.74) is 6.70. The third-order valence-electron chi connectivity index (χ3n) is 2.09. The first-order valence-electron chi connectivity index (χ1n) is 4.92. The highest BCUT2D eigenvalue weighted by Gasteiger charge is 2.25. The lowest BCUT2D eigenvalue weighted by Gasteiger charge is -2.13. The SMILES string of the molecule is FC(Cl)(Cl)c1cccc(NNC2=NCCS2)c1. The smallest absolute Gasteiger partial charge is 0.283 e. The number of amidine groups is 1. The van der Waals surface area contributed by atoms with Crippen LogP contribution in [0.4, 0.5) is 10.1 Å². The van der Waals surface area contributed by atoms with Crippen LogP contribution in [-0.2, 0) is 4.59 Å². The molecule has 2 N–H and O–H groups in total. The molecule has 0 aromatic heterocycles. The Balaban J connectivity index is 2.01. The molecule has 0 saturated heterocycles. The van der Waals surface area contributed by atoms with E-state index in [9.17, 15) is 4.39 Å². The second-order valence-electron chi connectivity index (χ2n) is 3.36. The summed E-state index contributed by atoms with van der Waals surface area (Å²) in [6.07, 6.45) is 0. The van der Waals surface area contributed by atoms with Gasteiger partial charge in [0.15, 0.2) is 5.17 Å². The first-order valence-corrected chi connectivity index (χ1v) is 6.66. The first kappa shape index (κ1) is 12.8. The number of hydrogen-bond donors (Lipinski definition) is 2. The van der Waals surface area contributed by atoms with E-state index < -0.39 is 4.59 Å². The Labute approximate surface area is 113 Å². The summed E-state index contributed by atoms with van der Waals surface area (Å²) >= 11 is 12.4. The van der Waals surface area contributed by atoms with Crippen LogP contribution >= 0.6 is 35.0 Å². The zero-order valence-electron chi connectivity index (χ0n) is 8.71. The standard InChI is InChI=1S/C10H10Cl2FN3S/c11-10(12,13)7-2-1-3-8(6-7)15-16-9-14-4-5-17-9/h1-3,6,15H,4-5H2,(H,14,16). The Morgan fingerprint density at radius 1 is 1.35 bits per heavy atom. The van der Waals surface area contributed by atoms with Crippen molar-refractivity contribution in [2.75, 3.05) is 17.7 Å². The van der Waals surface area contributed by atoms with Crippen molar-refractivity contribution in [3.8, 4) is 0 Å². The molecule has 0 spiro atoms. The van der Waals surface area contributed by atoms with Crippen molar-refractivity contribution in [2.24, 2.45) is 4.99 Å². The summed E-state index contributed by atoms with van der Waals surface area (Å²) in [6, 6.07) is 6.50. The zero-order chi connectivity index (χ0) is 12.3. The second-order valence-corrected chi connectivity index (χ2v) is 5.68. The molecule has 1 aromatic carbocycles. The Bertz CT molecular complexity index is 434. The molecular formula is C10H10Cl2FN3S. The fourth-order valence-corrected chi connectivity index (χ4v) is 2.23. The van der Waals surface area contributed by atoms with Gasteiger partial charge in [0.2, 0.25) is 0 Å². The molecule has 1 aromatic rings. The van der Waals surface area contributed by atoms with Crippen LogP contribution in [0.15, 0.2) is 29.3 Å². The lowest BCUT2D eigenvalue weighted by Crippen LogP contribution is -2.25. The number of aliphatic imine (C=N–C) groups is 1. The molecule has 0 aliphatic carbocycles. The lowest BCUT2D eigenvalue weighted by molar-refractivity contribution is 0.405. The van der Waals surface area contributed by atoms with Crippen molar-refractivity contribution in [2.45, 2.75) is 4.59 Å². The van der Waals surface area contributed by atoms with E-state index in [1.54, 1.807) is 23.9 Å². The molecule has 0 atom stereocenters. The maximum atomic E-state index is 13.3. The van der Waals surface area contributed by atoms with E-state index in [1.807, 2.05) is 0 Å². The molecule has 1 aliphatic heterocycles. The van der Waals surface area contributed by atoms with Crippen molar-refractivity contribution in [3.63, 3.8) is 0 Å². The Morgan fingerprint density at radius 3 is 2.82 bits per heavy atom. The first-order chi connectivity index (χ1) is 8.05. The molecule has 0 amide bonds. The van der Waals surface area contributed by atoms with E-state index in [2.05, 4.69) is 15.8 Å². The van der Waals surface area contributed by atoms with E-state index in [-0.39, 0.29) is 5.56 Å². The van der Waals surface area contributed by atoms with Crippen LogP contribution < -0.4 is 10.9 Å². The van der Waals surface area contributed by atoms with Gasteiger partial charge in [0, 0.05) is 11.3 Å². The summed E-state index contributed by atoms with van der Waals surface area (Å²) in [5.74, 6) is 0.973. The number of rotatable bonds is 3. The Hall–Kier alpha value is -0.650. The van der Waals surface area contributed by atoms with E-state index in [0.29, 0.717) is 5.69 Å². The average Bonchev–Trinajstić information content (AvgIpc) is 2.78. The van der Waals surface area contributed by atoms with Gasteiger partial charge in [-0.25, -0.2) is 4.39 Å². The third-order valence-corrected chi connectivity index (χ3v) is 3.42. The minimum absolute atomic E-state index is 0.189. The summed E-state index contributed by atoms with van der Waals surface area (Å²) in [5, 5.41) is 0.818. The molecule has 2 rings (SSSR count). The number of hydrogen-bond acceptors (Lipinski definition) is 4. The molecule has 0 bridgehead atoms. The number of anilines is 1. The normalized spacial score (nSPS) is 15.6. The molecule has 0 saturated carbocycles. The number of halogens is 3. The van der Waals surface area contributed by atoms with Crippen LogP contribution in [0, 0.1) is 0 Å². The minimum Gasteiger partial charge on any atom is -0.299 e. The molecule has 0 fully saturated rings. The van der Waals surface area contributed by atoms with Crippen molar-refractivity contribution in [1.29, 1.82) is 0 Å². The van der Waals surface area contributed by atoms with Gasteiger partial charge >= 0.3 is 0 Å². The monoisotopic (exact) mass is 293 g/mol. The molecule has 92 valence electrons. The fraction of sp³-hybridized carbons (Fsp3) is 0.300. The van der Waals surface area contributed by atoms with Gasteiger partial charge in [-0.1, -0.05) is 47.1 Å². The number of alkyl halides is 3.